The SMILES string of the molecule is Cc1c(Cl)cccc1C(=O)c1ccc2c(c1)CCC2. The van der Waals surface area contributed by atoms with Crippen LogP contribution >= 0.6 is 11.6 Å². The number of hydrogen-bond acceptors (Lipinski definition) is 1. The topological polar surface area (TPSA) is 17.1 Å². The number of benzene rings is 2. The summed E-state index contributed by atoms with van der Waals surface area (Å²) in [6.45, 7) is 1.89. The fourth-order valence-corrected chi connectivity index (χ4v) is 2.90. The zero-order valence-corrected chi connectivity index (χ0v) is 11.6. The fraction of sp³-hybridized carbons (Fsp3) is 0.235. The lowest BCUT2D eigenvalue weighted by molar-refractivity contribution is 0.103. The number of carbonyl (C=O) groups is 1. The molecular formula is C17H15ClO. The lowest BCUT2D eigenvalue weighted by Gasteiger charge is -2.08. The van der Waals surface area contributed by atoms with E-state index in [2.05, 4.69) is 6.07 Å². The van der Waals surface area contributed by atoms with Crippen LogP contribution in [0, 0.1) is 6.92 Å². The molecule has 0 unspecified atom stereocenters. The van der Waals surface area contributed by atoms with Crippen LogP contribution in [0.25, 0.3) is 0 Å². The van der Waals surface area contributed by atoms with Gasteiger partial charge in [0.25, 0.3) is 0 Å². The summed E-state index contributed by atoms with van der Waals surface area (Å²) in [5.41, 5.74) is 5.04. The molecule has 1 aliphatic carbocycles. The first-order valence-corrected chi connectivity index (χ1v) is 6.96. The van der Waals surface area contributed by atoms with Crippen molar-refractivity contribution in [1.29, 1.82) is 0 Å². The molecule has 0 radical (unpaired) electrons. The van der Waals surface area contributed by atoms with E-state index in [1.165, 1.54) is 17.5 Å². The minimum absolute atomic E-state index is 0.0645. The molecule has 0 heterocycles. The van der Waals surface area contributed by atoms with Crippen molar-refractivity contribution in [3.8, 4) is 0 Å². The molecule has 2 aromatic carbocycles. The second kappa shape index (κ2) is 4.82. The minimum Gasteiger partial charge on any atom is -0.289 e. The van der Waals surface area contributed by atoms with Gasteiger partial charge in [0.2, 0.25) is 0 Å². The van der Waals surface area contributed by atoms with Crippen LogP contribution in [-0.4, -0.2) is 5.78 Å². The van der Waals surface area contributed by atoms with E-state index in [0.717, 1.165) is 24.0 Å². The van der Waals surface area contributed by atoms with Gasteiger partial charge in [-0.05, 0) is 55.0 Å². The van der Waals surface area contributed by atoms with Crippen molar-refractivity contribution in [2.75, 3.05) is 0 Å². The van der Waals surface area contributed by atoms with Gasteiger partial charge in [-0.1, -0.05) is 35.9 Å². The van der Waals surface area contributed by atoms with E-state index in [4.69, 9.17) is 11.6 Å². The van der Waals surface area contributed by atoms with Crippen molar-refractivity contribution in [1.82, 2.24) is 0 Å². The van der Waals surface area contributed by atoms with Crippen LogP contribution in [0.1, 0.15) is 39.0 Å². The molecule has 0 spiro atoms. The van der Waals surface area contributed by atoms with E-state index in [0.29, 0.717) is 10.6 Å². The number of carbonyl (C=O) groups excluding carboxylic acids is 1. The van der Waals surface area contributed by atoms with Crippen LogP contribution in [0.15, 0.2) is 36.4 Å². The van der Waals surface area contributed by atoms with Crippen LogP contribution in [-0.2, 0) is 12.8 Å². The van der Waals surface area contributed by atoms with E-state index in [-0.39, 0.29) is 5.78 Å². The fourth-order valence-electron chi connectivity index (χ4n) is 2.72. The second-order valence-corrected chi connectivity index (χ2v) is 5.49. The highest BCUT2D eigenvalue weighted by molar-refractivity contribution is 6.32. The van der Waals surface area contributed by atoms with E-state index in [1.807, 2.05) is 37.3 Å². The number of hydrogen-bond donors (Lipinski definition) is 0. The molecule has 0 aromatic heterocycles. The van der Waals surface area contributed by atoms with Gasteiger partial charge in [0.1, 0.15) is 0 Å². The van der Waals surface area contributed by atoms with E-state index in [1.54, 1.807) is 0 Å². The van der Waals surface area contributed by atoms with Gasteiger partial charge in [-0.3, -0.25) is 4.79 Å². The zero-order valence-electron chi connectivity index (χ0n) is 10.9. The Balaban J connectivity index is 2.02. The molecule has 2 heteroatoms. The first kappa shape index (κ1) is 12.4. The Morgan fingerprint density at radius 1 is 1.11 bits per heavy atom. The Kier molecular flexibility index (Phi) is 3.16. The molecule has 0 fully saturated rings. The van der Waals surface area contributed by atoms with Gasteiger partial charge < -0.3 is 0 Å². The second-order valence-electron chi connectivity index (χ2n) is 5.08. The van der Waals surface area contributed by atoms with Crippen molar-refractivity contribution < 1.29 is 4.79 Å². The molecule has 0 atom stereocenters. The maximum atomic E-state index is 12.6. The zero-order chi connectivity index (χ0) is 13.4. The van der Waals surface area contributed by atoms with E-state index >= 15 is 0 Å². The van der Waals surface area contributed by atoms with Crippen LogP contribution in [0.2, 0.25) is 5.02 Å². The van der Waals surface area contributed by atoms with Gasteiger partial charge in [-0.25, -0.2) is 0 Å². The molecule has 1 nitrogen and oxygen atoms in total. The molecule has 0 bridgehead atoms. The summed E-state index contributed by atoms with van der Waals surface area (Å²) >= 11 is 6.09. The smallest absolute Gasteiger partial charge is 0.193 e. The predicted octanol–water partition coefficient (Wildman–Crippen LogP) is 4.37. The third kappa shape index (κ3) is 2.19. The number of halogens is 1. The van der Waals surface area contributed by atoms with Crippen LogP contribution in [0.4, 0.5) is 0 Å². The van der Waals surface area contributed by atoms with Gasteiger partial charge in [0.05, 0.1) is 0 Å². The monoisotopic (exact) mass is 270 g/mol. The molecular weight excluding hydrogens is 256 g/mol. The van der Waals surface area contributed by atoms with Crippen molar-refractivity contribution in [2.24, 2.45) is 0 Å². The van der Waals surface area contributed by atoms with Gasteiger partial charge >= 0.3 is 0 Å². The number of aryl methyl sites for hydroxylation is 2. The average Bonchev–Trinajstić information content (AvgIpc) is 2.88. The predicted molar refractivity (Wildman–Crippen MR) is 78.1 cm³/mol. The summed E-state index contributed by atoms with van der Waals surface area (Å²) in [6.07, 6.45) is 3.42. The van der Waals surface area contributed by atoms with E-state index in [9.17, 15) is 4.79 Å². The Bertz CT molecular complexity index is 658. The molecule has 3 rings (SSSR count). The number of fused-ring (bicyclic) bond motifs is 1. The first-order valence-electron chi connectivity index (χ1n) is 6.58. The van der Waals surface area contributed by atoms with Crippen LogP contribution < -0.4 is 0 Å². The van der Waals surface area contributed by atoms with Gasteiger partial charge in [0.15, 0.2) is 5.78 Å². The van der Waals surface area contributed by atoms with Crippen LogP contribution in [0.3, 0.4) is 0 Å². The summed E-state index contributed by atoms with van der Waals surface area (Å²) in [4.78, 5) is 12.6. The highest BCUT2D eigenvalue weighted by Gasteiger charge is 2.17. The summed E-state index contributed by atoms with van der Waals surface area (Å²) < 4.78 is 0. The number of ketones is 1. The molecule has 0 N–H and O–H groups in total. The van der Waals surface area contributed by atoms with Gasteiger partial charge in [-0.2, -0.15) is 0 Å². The molecule has 96 valence electrons. The Labute approximate surface area is 118 Å². The van der Waals surface area contributed by atoms with Crippen molar-refractivity contribution in [3.63, 3.8) is 0 Å². The van der Waals surface area contributed by atoms with Crippen molar-refractivity contribution in [3.05, 3.63) is 69.2 Å². The highest BCUT2D eigenvalue weighted by atomic mass is 35.5. The van der Waals surface area contributed by atoms with Crippen molar-refractivity contribution >= 4 is 17.4 Å². The number of rotatable bonds is 2. The molecule has 0 aliphatic heterocycles. The maximum Gasteiger partial charge on any atom is 0.193 e. The summed E-state index contributed by atoms with van der Waals surface area (Å²) in [7, 11) is 0. The molecule has 19 heavy (non-hydrogen) atoms. The lowest BCUT2D eigenvalue weighted by Crippen LogP contribution is -2.04. The average molecular weight is 271 g/mol. The minimum atomic E-state index is 0.0645. The third-order valence-electron chi connectivity index (χ3n) is 3.87. The van der Waals surface area contributed by atoms with Crippen LogP contribution in [0.5, 0.6) is 0 Å². The standard InChI is InChI=1S/C17H15ClO/c1-11-15(6-3-7-16(11)18)17(19)14-9-8-12-4-2-5-13(12)10-14/h3,6-10H,2,4-5H2,1H3. The maximum absolute atomic E-state index is 12.6. The summed E-state index contributed by atoms with van der Waals surface area (Å²) in [6, 6.07) is 11.6. The molecule has 0 saturated heterocycles. The van der Waals surface area contributed by atoms with E-state index < -0.39 is 0 Å². The molecule has 0 amide bonds. The Morgan fingerprint density at radius 3 is 2.74 bits per heavy atom. The largest absolute Gasteiger partial charge is 0.289 e. The lowest BCUT2D eigenvalue weighted by atomic mass is 9.96. The Hall–Kier alpha value is -1.60. The summed E-state index contributed by atoms with van der Waals surface area (Å²) in [5, 5.41) is 0.645. The molecule has 2 aromatic rings. The quantitative estimate of drug-likeness (QED) is 0.741. The van der Waals surface area contributed by atoms with Gasteiger partial charge in [-0.15, -0.1) is 0 Å². The Morgan fingerprint density at radius 2 is 1.89 bits per heavy atom. The third-order valence-corrected chi connectivity index (χ3v) is 4.28. The van der Waals surface area contributed by atoms with Crippen molar-refractivity contribution in [2.45, 2.75) is 26.2 Å². The highest BCUT2D eigenvalue weighted by Crippen LogP contribution is 2.26. The normalized spacial score (nSPS) is 13.4. The molecule has 0 saturated carbocycles. The first-order chi connectivity index (χ1) is 9.16. The summed E-state index contributed by atoms with van der Waals surface area (Å²) in [5.74, 6) is 0.0645. The van der Waals surface area contributed by atoms with Gasteiger partial charge in [0, 0.05) is 16.1 Å². The molecule has 1 aliphatic rings.